The maximum Gasteiger partial charge on any atom is 0.303 e. The van der Waals surface area contributed by atoms with Crippen LogP contribution in [0.4, 0.5) is 0 Å². The Morgan fingerprint density at radius 2 is 2.42 bits per heavy atom. The summed E-state index contributed by atoms with van der Waals surface area (Å²) >= 11 is 0. The molecule has 2 heterocycles. The molecule has 6 nitrogen and oxygen atoms in total. The molecule has 2 rings (SSSR count). The van der Waals surface area contributed by atoms with Crippen molar-refractivity contribution in [1.29, 1.82) is 0 Å². The summed E-state index contributed by atoms with van der Waals surface area (Å²) in [5.41, 5.74) is 0. The van der Waals surface area contributed by atoms with Crippen LogP contribution in [-0.4, -0.2) is 43.8 Å². The number of likely N-dealkylation sites (tertiary alicyclic amines) is 1. The largest absolute Gasteiger partial charge is 0.481 e. The number of carboxylic acid groups (broad SMARTS) is 1. The fraction of sp³-hybridized carbons (Fsp3) is 0.769. The summed E-state index contributed by atoms with van der Waals surface area (Å²) in [5, 5.41) is 12.9. The Morgan fingerprint density at radius 3 is 3.16 bits per heavy atom. The fourth-order valence-electron chi connectivity index (χ4n) is 2.63. The van der Waals surface area contributed by atoms with E-state index >= 15 is 0 Å². The number of carboxylic acids is 1. The molecule has 19 heavy (non-hydrogen) atoms. The highest BCUT2D eigenvalue weighted by Gasteiger charge is 2.24. The lowest BCUT2D eigenvalue weighted by Gasteiger charge is -2.15. The highest BCUT2D eigenvalue weighted by atomic mass is 16.4. The van der Waals surface area contributed by atoms with Gasteiger partial charge in [0.05, 0.1) is 6.54 Å². The summed E-state index contributed by atoms with van der Waals surface area (Å²) in [6.45, 7) is 5.87. The summed E-state index contributed by atoms with van der Waals surface area (Å²) in [6, 6.07) is 0. The number of carbonyl (C=O) groups is 1. The first-order valence-electron chi connectivity index (χ1n) is 7.00. The van der Waals surface area contributed by atoms with Gasteiger partial charge in [0, 0.05) is 19.5 Å². The van der Waals surface area contributed by atoms with E-state index in [9.17, 15) is 4.79 Å². The SMILES string of the molecule is CCCn1ncnc1CN1CCC(CCC(=O)O)C1. The van der Waals surface area contributed by atoms with E-state index in [0.717, 1.165) is 51.3 Å². The Bertz CT molecular complexity index is 419. The Hall–Kier alpha value is -1.43. The third-order valence-corrected chi connectivity index (χ3v) is 3.63. The molecule has 1 aromatic rings. The van der Waals surface area contributed by atoms with Crippen LogP contribution < -0.4 is 0 Å². The van der Waals surface area contributed by atoms with Gasteiger partial charge < -0.3 is 5.11 Å². The average Bonchev–Trinajstić information content (AvgIpc) is 2.98. The first-order valence-corrected chi connectivity index (χ1v) is 7.00. The topological polar surface area (TPSA) is 71.2 Å². The minimum absolute atomic E-state index is 0.282. The van der Waals surface area contributed by atoms with Crippen LogP contribution in [0.3, 0.4) is 0 Å². The number of aryl methyl sites for hydroxylation is 1. The quantitative estimate of drug-likeness (QED) is 0.807. The highest BCUT2D eigenvalue weighted by Crippen LogP contribution is 2.22. The van der Waals surface area contributed by atoms with Crippen molar-refractivity contribution in [3.8, 4) is 0 Å². The summed E-state index contributed by atoms with van der Waals surface area (Å²) in [5.74, 6) is 0.834. The number of aliphatic carboxylic acids is 1. The molecule has 0 bridgehead atoms. The van der Waals surface area contributed by atoms with E-state index in [-0.39, 0.29) is 6.42 Å². The van der Waals surface area contributed by atoms with E-state index in [0.29, 0.717) is 5.92 Å². The molecule has 6 heteroatoms. The maximum atomic E-state index is 10.6. The molecule has 1 aliphatic rings. The Labute approximate surface area is 113 Å². The molecular formula is C13H22N4O2. The van der Waals surface area contributed by atoms with Crippen molar-refractivity contribution in [2.45, 2.75) is 45.7 Å². The second kappa shape index (κ2) is 6.65. The van der Waals surface area contributed by atoms with Gasteiger partial charge in [-0.1, -0.05) is 6.92 Å². The zero-order valence-corrected chi connectivity index (χ0v) is 11.5. The lowest BCUT2D eigenvalue weighted by Crippen LogP contribution is -2.23. The molecule has 0 radical (unpaired) electrons. The predicted octanol–water partition coefficient (Wildman–Crippen LogP) is 1.37. The second-order valence-corrected chi connectivity index (χ2v) is 5.22. The molecule has 0 spiro atoms. The molecule has 1 aromatic heterocycles. The molecule has 0 aliphatic carbocycles. The van der Waals surface area contributed by atoms with Gasteiger partial charge in [-0.3, -0.25) is 9.69 Å². The van der Waals surface area contributed by atoms with Crippen LogP contribution in [0.25, 0.3) is 0 Å². The van der Waals surface area contributed by atoms with Gasteiger partial charge in [-0.25, -0.2) is 9.67 Å². The monoisotopic (exact) mass is 266 g/mol. The Morgan fingerprint density at radius 1 is 1.58 bits per heavy atom. The lowest BCUT2D eigenvalue weighted by molar-refractivity contribution is -0.137. The van der Waals surface area contributed by atoms with Crippen molar-refractivity contribution >= 4 is 5.97 Å². The van der Waals surface area contributed by atoms with E-state index in [2.05, 4.69) is 21.9 Å². The summed E-state index contributed by atoms with van der Waals surface area (Å²) in [7, 11) is 0. The van der Waals surface area contributed by atoms with Gasteiger partial charge >= 0.3 is 5.97 Å². The van der Waals surface area contributed by atoms with E-state index in [1.807, 2.05) is 4.68 Å². The molecule has 0 amide bonds. The number of rotatable bonds is 7. The maximum absolute atomic E-state index is 10.6. The second-order valence-electron chi connectivity index (χ2n) is 5.22. The third-order valence-electron chi connectivity index (χ3n) is 3.63. The normalized spacial score (nSPS) is 19.9. The van der Waals surface area contributed by atoms with Crippen LogP contribution >= 0.6 is 0 Å². The van der Waals surface area contributed by atoms with Gasteiger partial charge in [0.2, 0.25) is 0 Å². The Balaban J connectivity index is 1.81. The molecule has 1 fully saturated rings. The van der Waals surface area contributed by atoms with E-state index < -0.39 is 5.97 Å². The molecule has 1 saturated heterocycles. The van der Waals surface area contributed by atoms with Crippen LogP contribution in [-0.2, 0) is 17.9 Å². The first-order chi connectivity index (χ1) is 9.19. The van der Waals surface area contributed by atoms with Gasteiger partial charge in [0.15, 0.2) is 0 Å². The van der Waals surface area contributed by atoms with Crippen molar-refractivity contribution in [3.63, 3.8) is 0 Å². The predicted molar refractivity (Wildman–Crippen MR) is 70.6 cm³/mol. The molecule has 1 atom stereocenters. The number of hydrogen-bond acceptors (Lipinski definition) is 4. The van der Waals surface area contributed by atoms with Crippen LogP contribution in [0.15, 0.2) is 6.33 Å². The van der Waals surface area contributed by atoms with Crippen LogP contribution in [0.1, 0.15) is 38.4 Å². The Kier molecular flexibility index (Phi) is 4.90. The van der Waals surface area contributed by atoms with Crippen molar-refractivity contribution in [3.05, 3.63) is 12.2 Å². The molecule has 0 saturated carbocycles. The van der Waals surface area contributed by atoms with Gasteiger partial charge in [0.1, 0.15) is 12.2 Å². The first kappa shape index (κ1) is 14.0. The average molecular weight is 266 g/mol. The van der Waals surface area contributed by atoms with Crippen LogP contribution in [0.2, 0.25) is 0 Å². The molecule has 1 N–H and O–H groups in total. The van der Waals surface area contributed by atoms with E-state index in [4.69, 9.17) is 5.11 Å². The zero-order valence-electron chi connectivity index (χ0n) is 11.5. The number of nitrogens with zero attached hydrogens (tertiary/aromatic N) is 4. The van der Waals surface area contributed by atoms with Crippen LogP contribution in [0.5, 0.6) is 0 Å². The molecule has 0 aromatic carbocycles. The van der Waals surface area contributed by atoms with Crippen molar-refractivity contribution < 1.29 is 9.90 Å². The smallest absolute Gasteiger partial charge is 0.303 e. The number of hydrogen-bond donors (Lipinski definition) is 1. The van der Waals surface area contributed by atoms with Gasteiger partial charge in [-0.15, -0.1) is 0 Å². The zero-order chi connectivity index (χ0) is 13.7. The minimum Gasteiger partial charge on any atom is -0.481 e. The highest BCUT2D eigenvalue weighted by molar-refractivity contribution is 5.66. The van der Waals surface area contributed by atoms with Gasteiger partial charge in [0.25, 0.3) is 0 Å². The van der Waals surface area contributed by atoms with E-state index in [1.54, 1.807) is 6.33 Å². The van der Waals surface area contributed by atoms with Crippen molar-refractivity contribution in [1.82, 2.24) is 19.7 Å². The van der Waals surface area contributed by atoms with E-state index in [1.165, 1.54) is 0 Å². The lowest BCUT2D eigenvalue weighted by atomic mass is 10.0. The van der Waals surface area contributed by atoms with Crippen LogP contribution in [0, 0.1) is 5.92 Å². The van der Waals surface area contributed by atoms with Crippen molar-refractivity contribution in [2.24, 2.45) is 5.92 Å². The standard InChI is InChI=1S/C13H22N4O2/c1-2-6-17-12(14-10-15-17)9-16-7-5-11(8-16)3-4-13(18)19/h10-11H,2-9H2,1H3,(H,18,19). The minimum atomic E-state index is -0.693. The molecule has 106 valence electrons. The summed E-state index contributed by atoms with van der Waals surface area (Å²) < 4.78 is 1.96. The molecular weight excluding hydrogens is 244 g/mol. The van der Waals surface area contributed by atoms with Gasteiger partial charge in [-0.2, -0.15) is 5.10 Å². The van der Waals surface area contributed by atoms with Crippen molar-refractivity contribution in [2.75, 3.05) is 13.1 Å². The molecule has 1 unspecified atom stereocenters. The summed E-state index contributed by atoms with van der Waals surface area (Å²) in [6.07, 6.45) is 4.83. The third kappa shape index (κ3) is 4.02. The van der Waals surface area contributed by atoms with Gasteiger partial charge in [-0.05, 0) is 31.7 Å². The summed E-state index contributed by atoms with van der Waals surface area (Å²) in [4.78, 5) is 17.2. The fourth-order valence-corrected chi connectivity index (χ4v) is 2.63. The molecule has 1 aliphatic heterocycles. The number of aromatic nitrogens is 3.